The van der Waals surface area contributed by atoms with E-state index in [-0.39, 0.29) is 18.1 Å². The summed E-state index contributed by atoms with van der Waals surface area (Å²) in [7, 11) is 0. The van der Waals surface area contributed by atoms with E-state index in [1.54, 1.807) is 28.4 Å². The molecule has 2 heterocycles. The fourth-order valence-corrected chi connectivity index (χ4v) is 4.54. The highest BCUT2D eigenvalue weighted by atomic mass is 35.5. The third-order valence-corrected chi connectivity index (χ3v) is 6.54. The minimum Gasteiger partial charge on any atom is -0.311 e. The van der Waals surface area contributed by atoms with E-state index in [2.05, 4.69) is 16.3 Å². The molecule has 0 unspecified atom stereocenters. The van der Waals surface area contributed by atoms with Crippen LogP contribution in [0.2, 0.25) is 5.02 Å². The maximum atomic E-state index is 13.0. The van der Waals surface area contributed by atoms with E-state index in [1.807, 2.05) is 42.0 Å². The molecule has 0 fully saturated rings. The van der Waals surface area contributed by atoms with Crippen LogP contribution in [0.15, 0.2) is 40.9 Å². The van der Waals surface area contributed by atoms with Crippen LogP contribution in [0.3, 0.4) is 0 Å². The summed E-state index contributed by atoms with van der Waals surface area (Å²) < 4.78 is 2.01. The average molecular weight is 446 g/mol. The van der Waals surface area contributed by atoms with Crippen molar-refractivity contribution in [2.45, 2.75) is 32.0 Å². The number of amides is 1. The Morgan fingerprint density at radius 1 is 1.38 bits per heavy atom. The highest BCUT2D eigenvalue weighted by Crippen LogP contribution is 2.28. The second-order valence-corrected chi connectivity index (χ2v) is 8.50. The molecule has 0 saturated carbocycles. The fourth-order valence-electron chi connectivity index (χ4n) is 2.83. The van der Waals surface area contributed by atoms with E-state index < -0.39 is 0 Å². The number of thiophene rings is 1. The lowest BCUT2D eigenvalue weighted by atomic mass is 10.2. The van der Waals surface area contributed by atoms with E-state index in [4.69, 9.17) is 16.9 Å². The van der Waals surface area contributed by atoms with Crippen molar-refractivity contribution in [2.24, 2.45) is 0 Å². The van der Waals surface area contributed by atoms with Crippen LogP contribution >= 0.6 is 34.7 Å². The van der Waals surface area contributed by atoms with Gasteiger partial charge in [0, 0.05) is 23.8 Å². The molecule has 0 atom stereocenters. The van der Waals surface area contributed by atoms with Crippen LogP contribution in [0.1, 0.15) is 18.9 Å². The van der Waals surface area contributed by atoms with Gasteiger partial charge in [0.25, 0.3) is 0 Å². The molecule has 3 rings (SSSR count). The maximum Gasteiger partial charge on any atom is 0.237 e. The Labute approximate surface area is 183 Å². The van der Waals surface area contributed by atoms with Crippen molar-refractivity contribution in [1.82, 2.24) is 14.8 Å². The summed E-state index contributed by atoms with van der Waals surface area (Å²) in [6, 6.07) is 11.5. The van der Waals surface area contributed by atoms with Gasteiger partial charge in [0.15, 0.2) is 11.0 Å². The molecule has 0 aliphatic carbocycles. The Bertz CT molecular complexity index is 1030. The number of carbonyl (C=O) groups excluding carboxylic acids is 1. The van der Waals surface area contributed by atoms with Gasteiger partial charge in [0.05, 0.1) is 23.1 Å². The molecule has 2 aromatic heterocycles. The molecule has 150 valence electrons. The molecule has 1 amide bonds. The van der Waals surface area contributed by atoms with Gasteiger partial charge in [-0.25, -0.2) is 0 Å². The minimum absolute atomic E-state index is 0.0877. The first kappa shape index (κ1) is 21.4. The van der Waals surface area contributed by atoms with Crippen molar-refractivity contribution in [3.63, 3.8) is 0 Å². The van der Waals surface area contributed by atoms with E-state index in [9.17, 15) is 4.79 Å². The Kier molecular flexibility index (Phi) is 7.31. The third-order valence-electron chi connectivity index (χ3n) is 4.30. The number of aryl methyl sites for hydroxylation is 1. The molecule has 3 aromatic rings. The SMILES string of the molecule is CCn1c(SCC(=O)N(CCC#N)c2ccc(Cl)c(C)c2)nnc1-c1cccs1. The van der Waals surface area contributed by atoms with Crippen LogP contribution in [0.4, 0.5) is 5.69 Å². The number of rotatable bonds is 8. The zero-order valence-corrected chi connectivity index (χ0v) is 18.5. The normalized spacial score (nSPS) is 10.7. The lowest BCUT2D eigenvalue weighted by Crippen LogP contribution is -2.33. The first-order valence-corrected chi connectivity index (χ1v) is 11.3. The van der Waals surface area contributed by atoms with Gasteiger partial charge in [-0.1, -0.05) is 29.4 Å². The first-order valence-electron chi connectivity index (χ1n) is 9.08. The second kappa shape index (κ2) is 9.92. The number of hydrogen-bond donors (Lipinski definition) is 0. The Balaban J connectivity index is 1.76. The number of nitrogens with zero attached hydrogens (tertiary/aromatic N) is 5. The predicted octanol–water partition coefficient (Wildman–Crippen LogP) is 5.03. The summed E-state index contributed by atoms with van der Waals surface area (Å²) in [6.07, 6.45) is 0.256. The van der Waals surface area contributed by atoms with E-state index >= 15 is 0 Å². The largest absolute Gasteiger partial charge is 0.311 e. The molecule has 0 radical (unpaired) electrons. The van der Waals surface area contributed by atoms with Crippen molar-refractivity contribution >= 4 is 46.3 Å². The molecule has 0 aliphatic rings. The molecule has 0 saturated heterocycles. The predicted molar refractivity (Wildman–Crippen MR) is 119 cm³/mol. The van der Waals surface area contributed by atoms with E-state index in [0.717, 1.165) is 22.0 Å². The monoisotopic (exact) mass is 445 g/mol. The van der Waals surface area contributed by atoms with Crippen LogP contribution in [-0.2, 0) is 11.3 Å². The number of carbonyl (C=O) groups is 1. The Morgan fingerprint density at radius 3 is 2.86 bits per heavy atom. The lowest BCUT2D eigenvalue weighted by molar-refractivity contribution is -0.116. The van der Waals surface area contributed by atoms with Crippen LogP contribution < -0.4 is 4.90 Å². The molecule has 29 heavy (non-hydrogen) atoms. The molecule has 6 nitrogen and oxygen atoms in total. The van der Waals surface area contributed by atoms with Crippen molar-refractivity contribution in [1.29, 1.82) is 5.26 Å². The summed E-state index contributed by atoms with van der Waals surface area (Å²) in [5, 5.41) is 20.9. The van der Waals surface area contributed by atoms with Gasteiger partial charge in [-0.2, -0.15) is 5.26 Å². The molecule has 0 bridgehead atoms. The minimum atomic E-state index is -0.0877. The first-order chi connectivity index (χ1) is 14.0. The number of anilines is 1. The van der Waals surface area contributed by atoms with Gasteiger partial charge in [-0.3, -0.25) is 4.79 Å². The zero-order valence-electron chi connectivity index (χ0n) is 16.1. The summed E-state index contributed by atoms with van der Waals surface area (Å²) in [5.74, 6) is 0.928. The summed E-state index contributed by atoms with van der Waals surface area (Å²) in [5.41, 5.74) is 1.63. The van der Waals surface area contributed by atoms with Crippen molar-refractivity contribution in [2.75, 3.05) is 17.2 Å². The third kappa shape index (κ3) is 4.99. The number of thioether (sulfide) groups is 1. The molecule has 1 aromatic carbocycles. The standard InChI is InChI=1S/C20H20ClN5OS2/c1-3-25-19(17-6-4-11-28-17)23-24-20(25)29-13-18(27)26(10-5-9-22)15-7-8-16(21)14(2)12-15/h4,6-8,11-12H,3,5,10,13H2,1-2H3. The number of halogens is 1. The molecule has 9 heteroatoms. The second-order valence-electron chi connectivity index (χ2n) is 6.20. The molecule has 0 spiro atoms. The molecule has 0 aliphatic heterocycles. The smallest absolute Gasteiger partial charge is 0.237 e. The van der Waals surface area contributed by atoms with Gasteiger partial charge < -0.3 is 9.47 Å². The van der Waals surface area contributed by atoms with Crippen LogP contribution in [0.25, 0.3) is 10.7 Å². The number of benzene rings is 1. The average Bonchev–Trinajstić information content (AvgIpc) is 3.38. The van der Waals surface area contributed by atoms with Gasteiger partial charge in [-0.15, -0.1) is 21.5 Å². The van der Waals surface area contributed by atoms with E-state index in [0.29, 0.717) is 23.3 Å². The highest BCUT2D eigenvalue weighted by Gasteiger charge is 2.19. The van der Waals surface area contributed by atoms with Gasteiger partial charge in [-0.05, 0) is 49.1 Å². The lowest BCUT2D eigenvalue weighted by Gasteiger charge is -2.22. The van der Waals surface area contributed by atoms with E-state index in [1.165, 1.54) is 11.8 Å². The van der Waals surface area contributed by atoms with Crippen molar-refractivity contribution in [3.8, 4) is 16.8 Å². The van der Waals surface area contributed by atoms with Gasteiger partial charge in [0.2, 0.25) is 5.91 Å². The molecular formula is C20H20ClN5OS2. The summed E-state index contributed by atoms with van der Waals surface area (Å²) in [4.78, 5) is 15.6. The quantitative estimate of drug-likeness (QED) is 0.454. The van der Waals surface area contributed by atoms with Crippen LogP contribution in [0, 0.1) is 18.3 Å². The van der Waals surface area contributed by atoms with Crippen molar-refractivity contribution in [3.05, 3.63) is 46.3 Å². The maximum absolute atomic E-state index is 13.0. The van der Waals surface area contributed by atoms with Gasteiger partial charge >= 0.3 is 0 Å². The number of nitriles is 1. The Morgan fingerprint density at radius 2 is 2.21 bits per heavy atom. The van der Waals surface area contributed by atoms with Crippen molar-refractivity contribution < 1.29 is 4.79 Å². The number of hydrogen-bond acceptors (Lipinski definition) is 6. The van der Waals surface area contributed by atoms with Gasteiger partial charge in [0.1, 0.15) is 0 Å². The highest BCUT2D eigenvalue weighted by molar-refractivity contribution is 7.99. The fraction of sp³-hybridized carbons (Fsp3) is 0.300. The summed E-state index contributed by atoms with van der Waals surface area (Å²) >= 11 is 9.07. The molecule has 0 N–H and O–H groups in total. The zero-order chi connectivity index (χ0) is 20.8. The molecular weight excluding hydrogens is 426 g/mol. The topological polar surface area (TPSA) is 74.8 Å². The Hall–Kier alpha value is -2.34. The number of aromatic nitrogens is 3. The van der Waals surface area contributed by atoms with Crippen LogP contribution in [0.5, 0.6) is 0 Å². The van der Waals surface area contributed by atoms with Crippen LogP contribution in [-0.4, -0.2) is 33.0 Å². The summed E-state index contributed by atoms with van der Waals surface area (Å²) in [6.45, 7) is 4.97.